The van der Waals surface area contributed by atoms with Gasteiger partial charge >= 0.3 is 0 Å². The second-order valence-corrected chi connectivity index (χ2v) is 6.60. The van der Waals surface area contributed by atoms with Crippen molar-refractivity contribution in [3.63, 3.8) is 0 Å². The van der Waals surface area contributed by atoms with Gasteiger partial charge in [0.05, 0.1) is 5.38 Å². The molecular formula is C17H23Cl. The zero-order valence-corrected chi connectivity index (χ0v) is 12.2. The van der Waals surface area contributed by atoms with Crippen LogP contribution in [0.4, 0.5) is 0 Å². The molecule has 0 radical (unpaired) electrons. The summed E-state index contributed by atoms with van der Waals surface area (Å²) in [5, 5.41) is 0.249. The molecule has 2 fully saturated rings. The molecule has 0 heterocycles. The van der Waals surface area contributed by atoms with Gasteiger partial charge in [-0.2, -0.15) is 0 Å². The number of aryl methyl sites for hydroxylation is 2. The molecule has 3 rings (SSSR count). The van der Waals surface area contributed by atoms with Crippen LogP contribution in [0.5, 0.6) is 0 Å². The van der Waals surface area contributed by atoms with Crippen LogP contribution in [-0.4, -0.2) is 0 Å². The topological polar surface area (TPSA) is 0 Å². The molecule has 3 unspecified atom stereocenters. The highest BCUT2D eigenvalue weighted by Crippen LogP contribution is 2.58. The summed E-state index contributed by atoms with van der Waals surface area (Å²) in [7, 11) is 0. The average Bonchev–Trinajstić information content (AvgIpc) is 3.03. The molecule has 0 saturated heterocycles. The summed E-state index contributed by atoms with van der Waals surface area (Å²) in [6.45, 7) is 4.46. The Bertz CT molecular complexity index is 427. The number of fused-ring (bicyclic) bond motifs is 1. The van der Waals surface area contributed by atoms with Gasteiger partial charge in [0.25, 0.3) is 0 Å². The van der Waals surface area contributed by atoms with Gasteiger partial charge in [-0.1, -0.05) is 32.0 Å². The maximum absolute atomic E-state index is 6.81. The Morgan fingerprint density at radius 1 is 1.11 bits per heavy atom. The molecule has 0 spiro atoms. The third-order valence-electron chi connectivity index (χ3n) is 4.99. The summed E-state index contributed by atoms with van der Waals surface area (Å²) in [5.41, 5.74) is 4.30. The quantitative estimate of drug-likeness (QED) is 0.660. The monoisotopic (exact) mass is 262 g/mol. The predicted octanol–water partition coefficient (Wildman–Crippen LogP) is 5.14. The van der Waals surface area contributed by atoms with Gasteiger partial charge in [-0.05, 0) is 66.5 Å². The minimum atomic E-state index is 0.249. The lowest BCUT2D eigenvalue weighted by atomic mass is 9.89. The van der Waals surface area contributed by atoms with Crippen molar-refractivity contribution in [2.45, 2.75) is 51.3 Å². The maximum Gasteiger partial charge on any atom is 0.0616 e. The number of alkyl halides is 1. The average molecular weight is 263 g/mol. The Balaban J connectivity index is 1.84. The van der Waals surface area contributed by atoms with Crippen molar-refractivity contribution in [3.8, 4) is 0 Å². The van der Waals surface area contributed by atoms with E-state index in [0.29, 0.717) is 0 Å². The Morgan fingerprint density at radius 2 is 1.83 bits per heavy atom. The molecule has 0 bridgehead atoms. The van der Waals surface area contributed by atoms with Crippen LogP contribution in [0.25, 0.3) is 0 Å². The second-order valence-electron chi connectivity index (χ2n) is 6.13. The standard InChI is InChI=1S/C17H23Cl/c1-3-11-5-6-12(4-2)16(7-11)17(18)15-9-13-8-14(13)10-15/h5-7,13-15,17H,3-4,8-10H2,1-2H3. The van der Waals surface area contributed by atoms with Crippen molar-refractivity contribution in [2.24, 2.45) is 17.8 Å². The fourth-order valence-electron chi connectivity index (χ4n) is 3.70. The molecule has 0 aromatic heterocycles. The number of benzene rings is 1. The van der Waals surface area contributed by atoms with Gasteiger partial charge in [0, 0.05) is 0 Å². The third-order valence-corrected chi connectivity index (χ3v) is 5.58. The van der Waals surface area contributed by atoms with Gasteiger partial charge in [0.1, 0.15) is 0 Å². The van der Waals surface area contributed by atoms with E-state index in [2.05, 4.69) is 32.0 Å². The van der Waals surface area contributed by atoms with Gasteiger partial charge in [0.2, 0.25) is 0 Å². The number of hydrogen-bond acceptors (Lipinski definition) is 0. The van der Waals surface area contributed by atoms with E-state index in [-0.39, 0.29) is 5.38 Å². The molecule has 0 amide bonds. The molecule has 2 saturated carbocycles. The first-order chi connectivity index (χ1) is 8.72. The van der Waals surface area contributed by atoms with Crippen molar-refractivity contribution in [3.05, 3.63) is 34.9 Å². The van der Waals surface area contributed by atoms with Crippen molar-refractivity contribution in [2.75, 3.05) is 0 Å². The second kappa shape index (κ2) is 4.89. The Kier molecular flexibility index (Phi) is 3.40. The Hall–Kier alpha value is -0.490. The van der Waals surface area contributed by atoms with E-state index in [0.717, 1.165) is 30.6 Å². The first-order valence-corrected chi connectivity index (χ1v) is 7.92. The minimum absolute atomic E-state index is 0.249. The molecule has 3 atom stereocenters. The van der Waals surface area contributed by atoms with Crippen LogP contribution < -0.4 is 0 Å². The summed E-state index contributed by atoms with van der Waals surface area (Å²) in [5.74, 6) is 2.78. The highest BCUT2D eigenvalue weighted by atomic mass is 35.5. The molecule has 0 N–H and O–H groups in total. The van der Waals surface area contributed by atoms with E-state index in [1.54, 1.807) is 0 Å². The van der Waals surface area contributed by atoms with Gasteiger partial charge < -0.3 is 0 Å². The molecule has 0 aliphatic heterocycles. The van der Waals surface area contributed by atoms with Crippen molar-refractivity contribution in [1.29, 1.82) is 0 Å². The largest absolute Gasteiger partial charge is 0.118 e. The SMILES string of the molecule is CCc1ccc(CC)c(C(Cl)C2CC3CC3C2)c1. The summed E-state index contributed by atoms with van der Waals surface area (Å²) in [6.07, 6.45) is 6.44. The van der Waals surface area contributed by atoms with Crippen molar-refractivity contribution in [1.82, 2.24) is 0 Å². The maximum atomic E-state index is 6.81. The molecule has 2 aliphatic rings. The van der Waals surface area contributed by atoms with E-state index in [1.165, 1.54) is 36.0 Å². The highest BCUT2D eigenvalue weighted by molar-refractivity contribution is 6.21. The highest BCUT2D eigenvalue weighted by Gasteiger charge is 2.47. The smallest absolute Gasteiger partial charge is 0.0616 e. The molecule has 1 heteroatoms. The molecule has 2 aliphatic carbocycles. The molecule has 1 aromatic rings. The van der Waals surface area contributed by atoms with Gasteiger partial charge in [-0.15, -0.1) is 11.6 Å². The van der Waals surface area contributed by atoms with E-state index in [9.17, 15) is 0 Å². The molecule has 18 heavy (non-hydrogen) atoms. The third kappa shape index (κ3) is 2.20. The predicted molar refractivity (Wildman–Crippen MR) is 78.1 cm³/mol. The van der Waals surface area contributed by atoms with Gasteiger partial charge in [-0.3, -0.25) is 0 Å². The summed E-state index contributed by atoms with van der Waals surface area (Å²) >= 11 is 6.81. The van der Waals surface area contributed by atoms with E-state index in [4.69, 9.17) is 11.6 Å². The van der Waals surface area contributed by atoms with Crippen LogP contribution in [0.3, 0.4) is 0 Å². The van der Waals surface area contributed by atoms with Crippen LogP contribution >= 0.6 is 11.6 Å². The molecule has 0 nitrogen and oxygen atoms in total. The van der Waals surface area contributed by atoms with Crippen LogP contribution in [0, 0.1) is 17.8 Å². The molecular weight excluding hydrogens is 240 g/mol. The molecule has 1 aromatic carbocycles. The van der Waals surface area contributed by atoms with Crippen LogP contribution in [-0.2, 0) is 12.8 Å². The lowest BCUT2D eigenvalue weighted by molar-refractivity contribution is 0.470. The van der Waals surface area contributed by atoms with E-state index < -0.39 is 0 Å². The number of rotatable bonds is 4. The summed E-state index contributed by atoms with van der Waals surface area (Å²) in [4.78, 5) is 0. The van der Waals surface area contributed by atoms with Crippen LogP contribution in [0.15, 0.2) is 18.2 Å². The summed E-state index contributed by atoms with van der Waals surface area (Å²) in [6, 6.07) is 6.91. The first kappa shape index (κ1) is 12.5. The number of halogens is 1. The normalized spacial score (nSPS) is 31.2. The first-order valence-electron chi connectivity index (χ1n) is 7.48. The molecule has 98 valence electrons. The van der Waals surface area contributed by atoms with Crippen molar-refractivity contribution < 1.29 is 0 Å². The van der Waals surface area contributed by atoms with Gasteiger partial charge in [0.15, 0.2) is 0 Å². The van der Waals surface area contributed by atoms with Gasteiger partial charge in [-0.25, -0.2) is 0 Å². The lowest BCUT2D eigenvalue weighted by Gasteiger charge is -2.22. The fraction of sp³-hybridized carbons (Fsp3) is 0.647. The minimum Gasteiger partial charge on any atom is -0.118 e. The van der Waals surface area contributed by atoms with Crippen LogP contribution in [0.1, 0.15) is 55.2 Å². The van der Waals surface area contributed by atoms with E-state index in [1.807, 2.05) is 0 Å². The van der Waals surface area contributed by atoms with E-state index >= 15 is 0 Å². The van der Waals surface area contributed by atoms with Crippen LogP contribution in [0.2, 0.25) is 0 Å². The summed E-state index contributed by atoms with van der Waals surface area (Å²) < 4.78 is 0. The lowest BCUT2D eigenvalue weighted by Crippen LogP contribution is -2.09. The zero-order chi connectivity index (χ0) is 12.7. The fourth-order valence-corrected chi connectivity index (χ4v) is 4.11. The zero-order valence-electron chi connectivity index (χ0n) is 11.5. The van der Waals surface area contributed by atoms with Crippen molar-refractivity contribution >= 4 is 11.6 Å². The Labute approximate surface area is 116 Å². The number of hydrogen-bond donors (Lipinski definition) is 0. The Morgan fingerprint density at radius 3 is 2.44 bits per heavy atom.